The average Bonchev–Trinajstić information content (AvgIpc) is 2.97. The fourth-order valence-corrected chi connectivity index (χ4v) is 4.53. The summed E-state index contributed by atoms with van der Waals surface area (Å²) in [6.45, 7) is 4.93. The van der Waals surface area contributed by atoms with Gasteiger partial charge in [0, 0.05) is 37.3 Å². The molecule has 0 aliphatic carbocycles. The Morgan fingerprint density at radius 2 is 1.76 bits per heavy atom. The van der Waals surface area contributed by atoms with Gasteiger partial charge in [0.25, 0.3) is 0 Å². The molecule has 9 heteroatoms. The zero-order valence-corrected chi connectivity index (χ0v) is 17.4. The van der Waals surface area contributed by atoms with Crippen molar-refractivity contribution in [1.29, 1.82) is 0 Å². The highest BCUT2D eigenvalue weighted by molar-refractivity contribution is 7.89. The van der Waals surface area contributed by atoms with Gasteiger partial charge in [-0.3, -0.25) is 0 Å². The van der Waals surface area contributed by atoms with Crippen LogP contribution in [-0.2, 0) is 16.6 Å². The van der Waals surface area contributed by atoms with Gasteiger partial charge in [-0.1, -0.05) is 0 Å². The van der Waals surface area contributed by atoms with Crippen LogP contribution in [0, 0.1) is 6.92 Å². The van der Waals surface area contributed by atoms with E-state index in [1.165, 1.54) is 18.6 Å². The third kappa shape index (κ3) is 4.79. The lowest BCUT2D eigenvalue weighted by Crippen LogP contribution is -2.31. The van der Waals surface area contributed by atoms with Crippen LogP contribution in [0.1, 0.15) is 37.2 Å². The van der Waals surface area contributed by atoms with E-state index in [1.807, 2.05) is 13.0 Å². The van der Waals surface area contributed by atoms with E-state index >= 15 is 0 Å². The Hall–Kier alpha value is -2.39. The molecule has 156 valence electrons. The lowest BCUT2D eigenvalue weighted by molar-refractivity contribution is 0.297. The van der Waals surface area contributed by atoms with E-state index in [1.54, 1.807) is 6.07 Å². The summed E-state index contributed by atoms with van der Waals surface area (Å²) in [7, 11) is -3.73. The van der Waals surface area contributed by atoms with E-state index in [4.69, 9.17) is 9.47 Å². The quantitative estimate of drug-likeness (QED) is 0.797. The minimum Gasteiger partial charge on any atom is -0.490 e. The molecule has 2 aliphatic rings. The maximum Gasteiger partial charge on any atom is 0.241 e. The molecule has 0 radical (unpaired) electrons. The highest BCUT2D eigenvalue weighted by Gasteiger charge is 2.20. The molecule has 0 spiro atoms. The molecule has 1 N–H and O–H groups in total. The third-order valence-electron chi connectivity index (χ3n) is 5.02. The summed E-state index contributed by atoms with van der Waals surface area (Å²) in [5.41, 5.74) is 0.824. The largest absolute Gasteiger partial charge is 0.490 e. The van der Waals surface area contributed by atoms with Crippen molar-refractivity contribution in [3.05, 3.63) is 35.8 Å². The van der Waals surface area contributed by atoms with Gasteiger partial charge in [-0.2, -0.15) is 0 Å². The molecule has 0 atom stereocenters. The summed E-state index contributed by atoms with van der Waals surface area (Å²) in [5.74, 6) is 2.34. The van der Waals surface area contributed by atoms with Gasteiger partial charge in [0.05, 0.1) is 24.7 Å². The summed E-state index contributed by atoms with van der Waals surface area (Å²) in [6.07, 6.45) is 4.30. The summed E-state index contributed by atoms with van der Waals surface area (Å²) < 4.78 is 39.3. The minimum absolute atomic E-state index is 0.0271. The maximum absolute atomic E-state index is 12.8. The number of benzene rings is 1. The van der Waals surface area contributed by atoms with Gasteiger partial charge in [-0.15, -0.1) is 0 Å². The fourth-order valence-electron chi connectivity index (χ4n) is 3.53. The molecule has 3 heterocycles. The Morgan fingerprint density at radius 3 is 2.55 bits per heavy atom. The van der Waals surface area contributed by atoms with E-state index in [9.17, 15) is 8.42 Å². The molecule has 1 saturated heterocycles. The predicted molar refractivity (Wildman–Crippen MR) is 109 cm³/mol. The zero-order chi connectivity index (χ0) is 20.3. The molecule has 29 heavy (non-hydrogen) atoms. The van der Waals surface area contributed by atoms with Crippen molar-refractivity contribution >= 4 is 15.8 Å². The number of aromatic nitrogens is 2. The van der Waals surface area contributed by atoms with Gasteiger partial charge < -0.3 is 14.4 Å². The smallest absolute Gasteiger partial charge is 0.241 e. The summed E-state index contributed by atoms with van der Waals surface area (Å²) in [5, 5.41) is 0. The number of sulfonamides is 1. The SMILES string of the molecule is Cc1cc(N2CCCCC2)nc(CNS(=O)(=O)c2ccc3c(c2)OCCCO3)n1. The number of rotatable bonds is 5. The number of aryl methyl sites for hydroxylation is 1. The number of fused-ring (bicyclic) bond motifs is 1. The second-order valence-corrected chi connectivity index (χ2v) is 9.08. The van der Waals surface area contributed by atoms with E-state index < -0.39 is 10.0 Å². The molecule has 0 unspecified atom stereocenters. The van der Waals surface area contributed by atoms with Crippen LogP contribution in [0.25, 0.3) is 0 Å². The van der Waals surface area contributed by atoms with Crippen molar-refractivity contribution in [1.82, 2.24) is 14.7 Å². The number of hydrogen-bond acceptors (Lipinski definition) is 7. The molecule has 1 aromatic carbocycles. The van der Waals surface area contributed by atoms with Crippen molar-refractivity contribution in [2.24, 2.45) is 0 Å². The highest BCUT2D eigenvalue weighted by Crippen LogP contribution is 2.31. The van der Waals surface area contributed by atoms with Crippen LogP contribution in [-0.4, -0.2) is 44.7 Å². The van der Waals surface area contributed by atoms with Gasteiger partial charge >= 0.3 is 0 Å². The first-order valence-electron chi connectivity index (χ1n) is 10.0. The standard InChI is InChI=1S/C20H26N4O4S/c1-15-12-20(24-8-3-2-4-9-24)23-19(22-15)14-21-29(25,26)16-6-7-17-18(13-16)28-11-5-10-27-17/h6-7,12-13,21H,2-5,8-11,14H2,1H3. The topological polar surface area (TPSA) is 93.7 Å². The average molecular weight is 419 g/mol. The number of nitrogens with one attached hydrogen (secondary N) is 1. The van der Waals surface area contributed by atoms with E-state index in [0.29, 0.717) is 30.5 Å². The number of ether oxygens (including phenoxy) is 2. The van der Waals surface area contributed by atoms with Gasteiger partial charge in [-0.05, 0) is 38.3 Å². The minimum atomic E-state index is -3.73. The molecule has 8 nitrogen and oxygen atoms in total. The molecular weight excluding hydrogens is 392 g/mol. The van der Waals surface area contributed by atoms with Crippen LogP contribution in [0.2, 0.25) is 0 Å². The number of nitrogens with zero attached hydrogens (tertiary/aromatic N) is 3. The van der Waals surface area contributed by atoms with Crippen molar-refractivity contribution in [3.63, 3.8) is 0 Å². The Labute approximate surface area is 171 Å². The van der Waals surface area contributed by atoms with E-state index in [-0.39, 0.29) is 11.4 Å². The first kappa shape index (κ1) is 19.9. The Morgan fingerprint density at radius 1 is 1.00 bits per heavy atom. The lowest BCUT2D eigenvalue weighted by Gasteiger charge is -2.28. The molecule has 1 aromatic heterocycles. The number of piperidine rings is 1. The first-order valence-corrected chi connectivity index (χ1v) is 11.5. The Balaban J connectivity index is 1.49. The second-order valence-electron chi connectivity index (χ2n) is 7.32. The molecular formula is C20H26N4O4S. The van der Waals surface area contributed by atoms with Crippen LogP contribution in [0.5, 0.6) is 11.5 Å². The lowest BCUT2D eigenvalue weighted by atomic mass is 10.1. The summed E-state index contributed by atoms with van der Waals surface area (Å²) in [6, 6.07) is 6.60. The van der Waals surface area contributed by atoms with Crippen molar-refractivity contribution in [2.75, 3.05) is 31.2 Å². The molecule has 0 saturated carbocycles. The van der Waals surface area contributed by atoms with Crippen LogP contribution in [0.3, 0.4) is 0 Å². The molecule has 0 bridgehead atoms. The fraction of sp³-hybridized carbons (Fsp3) is 0.500. The van der Waals surface area contributed by atoms with Crippen molar-refractivity contribution in [2.45, 2.75) is 44.0 Å². The third-order valence-corrected chi connectivity index (χ3v) is 6.42. The van der Waals surface area contributed by atoms with Gasteiger partial charge in [-0.25, -0.2) is 23.1 Å². The number of hydrogen-bond donors (Lipinski definition) is 1. The van der Waals surface area contributed by atoms with Crippen LogP contribution >= 0.6 is 0 Å². The summed E-state index contributed by atoms with van der Waals surface area (Å²) >= 11 is 0. The van der Waals surface area contributed by atoms with Crippen molar-refractivity contribution < 1.29 is 17.9 Å². The normalized spacial score (nSPS) is 17.1. The van der Waals surface area contributed by atoms with Gasteiger partial charge in [0.15, 0.2) is 11.5 Å². The molecule has 2 aliphatic heterocycles. The van der Waals surface area contributed by atoms with Gasteiger partial charge in [0.1, 0.15) is 11.6 Å². The van der Waals surface area contributed by atoms with E-state index in [0.717, 1.165) is 43.9 Å². The second kappa shape index (κ2) is 8.54. The molecule has 2 aromatic rings. The van der Waals surface area contributed by atoms with Gasteiger partial charge in [0.2, 0.25) is 10.0 Å². The Bertz CT molecular complexity index is 974. The van der Waals surface area contributed by atoms with Crippen LogP contribution in [0.4, 0.5) is 5.82 Å². The van der Waals surface area contributed by atoms with E-state index in [2.05, 4.69) is 19.6 Å². The highest BCUT2D eigenvalue weighted by atomic mass is 32.2. The summed E-state index contributed by atoms with van der Waals surface area (Å²) in [4.78, 5) is 11.3. The predicted octanol–water partition coefficient (Wildman–Crippen LogP) is 2.42. The van der Waals surface area contributed by atoms with Crippen LogP contribution < -0.4 is 19.1 Å². The monoisotopic (exact) mass is 418 g/mol. The van der Waals surface area contributed by atoms with Crippen molar-refractivity contribution in [3.8, 4) is 11.5 Å². The molecule has 4 rings (SSSR count). The maximum atomic E-state index is 12.8. The molecule has 0 amide bonds. The molecule has 1 fully saturated rings. The number of anilines is 1. The zero-order valence-electron chi connectivity index (χ0n) is 16.6. The van der Waals surface area contributed by atoms with Crippen LogP contribution in [0.15, 0.2) is 29.2 Å². The Kier molecular flexibility index (Phi) is 5.86. The first-order chi connectivity index (χ1) is 14.0.